The van der Waals surface area contributed by atoms with Crippen LogP contribution in [0.15, 0.2) is 58.9 Å². The zero-order chi connectivity index (χ0) is 17.2. The Morgan fingerprint density at radius 2 is 1.83 bits per heavy atom. The summed E-state index contributed by atoms with van der Waals surface area (Å²) in [6.45, 7) is 0. The van der Waals surface area contributed by atoms with E-state index in [0.29, 0.717) is 5.70 Å². The van der Waals surface area contributed by atoms with Crippen molar-refractivity contribution in [3.05, 3.63) is 53.9 Å². The quantitative estimate of drug-likeness (QED) is 0.286. The molecule has 1 rings (SSSR count). The van der Waals surface area contributed by atoms with E-state index in [2.05, 4.69) is 10.3 Å². The normalized spacial score (nSPS) is 12.0. The number of nitrogens with zero attached hydrogens (tertiary/aromatic N) is 4. The lowest BCUT2D eigenvalue weighted by molar-refractivity contribution is -0.114. The maximum atomic E-state index is 12.2. The average molecular weight is 311 g/mol. The smallest absolute Gasteiger partial charge is 0.291 e. The highest BCUT2D eigenvalue weighted by Gasteiger charge is 2.13. The van der Waals surface area contributed by atoms with Gasteiger partial charge in [0, 0.05) is 40.1 Å². The largest absolute Gasteiger partial charge is 0.383 e. The molecular weight excluding hydrogens is 290 g/mol. The molecule has 120 valence electrons. The lowest BCUT2D eigenvalue weighted by Gasteiger charge is -2.11. The standard InChI is InChI=1S/C17H21N5O/c1-21(2)11-10-16(20-14-8-6-5-7-9-14)15(12-18)17(23)19-13-22(3)4/h5-11,13,20H,1-4H3/b11-10+,16-15-,19-13?. The van der Waals surface area contributed by atoms with Crippen molar-refractivity contribution < 1.29 is 4.79 Å². The Kier molecular flexibility index (Phi) is 7.08. The van der Waals surface area contributed by atoms with Gasteiger partial charge in [-0.1, -0.05) is 18.2 Å². The van der Waals surface area contributed by atoms with Gasteiger partial charge < -0.3 is 15.1 Å². The molecule has 0 radical (unpaired) electrons. The van der Waals surface area contributed by atoms with Crippen LogP contribution in [-0.4, -0.2) is 50.2 Å². The highest BCUT2D eigenvalue weighted by Crippen LogP contribution is 2.14. The Morgan fingerprint density at radius 3 is 2.35 bits per heavy atom. The van der Waals surface area contributed by atoms with Crippen LogP contribution in [0.4, 0.5) is 5.69 Å². The van der Waals surface area contributed by atoms with Gasteiger partial charge in [-0.15, -0.1) is 0 Å². The van der Waals surface area contributed by atoms with Gasteiger partial charge in [-0.3, -0.25) is 4.79 Å². The van der Waals surface area contributed by atoms with Crippen LogP contribution in [0.3, 0.4) is 0 Å². The second-order valence-corrected chi connectivity index (χ2v) is 5.18. The topological polar surface area (TPSA) is 71.7 Å². The fraction of sp³-hybridized carbons (Fsp3) is 0.235. The summed E-state index contributed by atoms with van der Waals surface area (Å²) in [5.74, 6) is -0.594. The predicted molar refractivity (Wildman–Crippen MR) is 92.7 cm³/mol. The molecule has 0 bridgehead atoms. The molecule has 0 aliphatic heterocycles. The van der Waals surface area contributed by atoms with Crippen LogP contribution in [0.25, 0.3) is 0 Å². The fourth-order valence-corrected chi connectivity index (χ4v) is 1.54. The molecule has 6 heteroatoms. The summed E-state index contributed by atoms with van der Waals surface area (Å²) in [5, 5.41) is 12.5. The first-order valence-electron chi connectivity index (χ1n) is 7.00. The van der Waals surface area contributed by atoms with Crippen molar-refractivity contribution in [3.8, 4) is 6.07 Å². The number of hydrogen-bond acceptors (Lipinski definition) is 4. The molecule has 0 saturated carbocycles. The third-order valence-electron chi connectivity index (χ3n) is 2.59. The van der Waals surface area contributed by atoms with Gasteiger partial charge in [0.15, 0.2) is 0 Å². The average Bonchev–Trinajstić information content (AvgIpc) is 2.52. The lowest BCUT2D eigenvalue weighted by Crippen LogP contribution is -2.13. The highest BCUT2D eigenvalue weighted by molar-refractivity contribution is 6.02. The summed E-state index contributed by atoms with van der Waals surface area (Å²) in [6.07, 6.45) is 4.80. The van der Waals surface area contributed by atoms with Crippen molar-refractivity contribution >= 4 is 17.9 Å². The maximum Gasteiger partial charge on any atom is 0.291 e. The minimum atomic E-state index is -0.594. The van der Waals surface area contributed by atoms with E-state index in [0.717, 1.165) is 5.69 Å². The van der Waals surface area contributed by atoms with Crippen LogP contribution in [-0.2, 0) is 4.79 Å². The van der Waals surface area contributed by atoms with E-state index in [-0.39, 0.29) is 5.57 Å². The molecule has 1 aromatic rings. The predicted octanol–water partition coefficient (Wildman–Crippen LogP) is 2.07. The van der Waals surface area contributed by atoms with Crippen LogP contribution < -0.4 is 5.32 Å². The first kappa shape index (κ1) is 18.0. The summed E-state index contributed by atoms with van der Waals surface area (Å²) in [6, 6.07) is 11.3. The van der Waals surface area contributed by atoms with Gasteiger partial charge in [-0.05, 0) is 18.2 Å². The van der Waals surface area contributed by atoms with Crippen molar-refractivity contribution in [2.24, 2.45) is 4.99 Å². The summed E-state index contributed by atoms with van der Waals surface area (Å²) in [7, 11) is 7.21. The third kappa shape index (κ3) is 6.48. The van der Waals surface area contributed by atoms with E-state index in [9.17, 15) is 10.1 Å². The van der Waals surface area contributed by atoms with Crippen LogP contribution in [0.5, 0.6) is 0 Å². The first-order valence-corrected chi connectivity index (χ1v) is 7.00. The maximum absolute atomic E-state index is 12.2. The summed E-state index contributed by atoms with van der Waals surface area (Å²) in [4.78, 5) is 19.4. The number of nitriles is 1. The molecule has 0 aliphatic carbocycles. The van der Waals surface area contributed by atoms with Crippen LogP contribution >= 0.6 is 0 Å². The molecule has 6 nitrogen and oxygen atoms in total. The van der Waals surface area contributed by atoms with Crippen LogP contribution in [0, 0.1) is 11.3 Å². The van der Waals surface area contributed by atoms with Crippen molar-refractivity contribution in [2.45, 2.75) is 0 Å². The minimum Gasteiger partial charge on any atom is -0.383 e. The van der Waals surface area contributed by atoms with Gasteiger partial charge in [0.1, 0.15) is 11.6 Å². The number of allylic oxidation sites excluding steroid dienone is 1. The number of carbonyl (C=O) groups is 1. The van der Waals surface area contributed by atoms with E-state index in [4.69, 9.17) is 0 Å². The SMILES string of the molecule is CN(C)C=NC(=O)/C(C#N)=C(/C=C/N(C)C)Nc1ccccc1. The number of benzene rings is 1. The Bertz CT molecular complexity index is 651. The molecule has 1 aromatic carbocycles. The Hall–Kier alpha value is -3.07. The summed E-state index contributed by atoms with van der Waals surface area (Å²) < 4.78 is 0. The molecular formula is C17H21N5O. The number of rotatable bonds is 6. The Labute approximate surface area is 137 Å². The van der Waals surface area contributed by atoms with Gasteiger partial charge in [0.25, 0.3) is 5.91 Å². The summed E-state index contributed by atoms with van der Waals surface area (Å²) >= 11 is 0. The van der Waals surface area contributed by atoms with Crippen LogP contribution in [0.1, 0.15) is 0 Å². The fourth-order valence-electron chi connectivity index (χ4n) is 1.54. The molecule has 0 heterocycles. The van der Waals surface area contributed by atoms with E-state index >= 15 is 0 Å². The van der Waals surface area contributed by atoms with E-state index in [1.54, 1.807) is 31.3 Å². The number of carbonyl (C=O) groups excluding carboxylic acids is 1. The molecule has 0 fully saturated rings. The van der Waals surface area contributed by atoms with Crippen molar-refractivity contribution in [1.82, 2.24) is 9.80 Å². The third-order valence-corrected chi connectivity index (χ3v) is 2.59. The lowest BCUT2D eigenvalue weighted by atomic mass is 10.2. The van der Waals surface area contributed by atoms with Crippen molar-refractivity contribution in [1.29, 1.82) is 5.26 Å². The molecule has 0 aromatic heterocycles. The van der Waals surface area contributed by atoms with Crippen LogP contribution in [0.2, 0.25) is 0 Å². The minimum absolute atomic E-state index is 0.0509. The van der Waals surface area contributed by atoms with Crippen molar-refractivity contribution in [3.63, 3.8) is 0 Å². The van der Waals surface area contributed by atoms with E-state index in [1.165, 1.54) is 6.34 Å². The molecule has 1 amide bonds. The number of amides is 1. The molecule has 0 saturated heterocycles. The van der Waals surface area contributed by atoms with Gasteiger partial charge in [0.2, 0.25) is 0 Å². The molecule has 0 aliphatic rings. The summed E-state index contributed by atoms with van der Waals surface area (Å²) in [5.41, 5.74) is 1.13. The molecule has 0 spiro atoms. The molecule has 0 atom stereocenters. The zero-order valence-electron chi connectivity index (χ0n) is 13.8. The van der Waals surface area contributed by atoms with Gasteiger partial charge in [-0.2, -0.15) is 10.3 Å². The number of anilines is 1. The number of nitrogens with one attached hydrogen (secondary N) is 1. The van der Waals surface area contributed by atoms with Crippen molar-refractivity contribution in [2.75, 3.05) is 33.5 Å². The Morgan fingerprint density at radius 1 is 1.17 bits per heavy atom. The molecule has 0 unspecified atom stereocenters. The van der Waals surface area contributed by atoms with E-state index in [1.807, 2.05) is 55.4 Å². The van der Waals surface area contributed by atoms with Gasteiger partial charge in [0.05, 0.1) is 12.0 Å². The molecule has 23 heavy (non-hydrogen) atoms. The number of aliphatic imine (C=N–C) groups is 1. The zero-order valence-corrected chi connectivity index (χ0v) is 13.8. The van der Waals surface area contributed by atoms with Gasteiger partial charge >= 0.3 is 0 Å². The second-order valence-electron chi connectivity index (χ2n) is 5.18. The monoisotopic (exact) mass is 311 g/mol. The van der Waals surface area contributed by atoms with E-state index < -0.39 is 5.91 Å². The number of hydrogen-bond donors (Lipinski definition) is 1. The number of para-hydroxylation sites is 1. The second kappa shape index (κ2) is 9.05. The highest BCUT2D eigenvalue weighted by atomic mass is 16.1. The Balaban J connectivity index is 3.22. The first-order chi connectivity index (χ1) is 10.9. The molecule has 1 N–H and O–H groups in total. The van der Waals surface area contributed by atoms with Gasteiger partial charge in [-0.25, -0.2) is 0 Å².